The third kappa shape index (κ3) is 2.14. The molecule has 0 unspecified atom stereocenters. The average molecular weight is 249 g/mol. The summed E-state index contributed by atoms with van der Waals surface area (Å²) in [6.45, 7) is 3.10. The van der Waals surface area contributed by atoms with Crippen LogP contribution in [0.15, 0.2) is 22.7 Å². The van der Waals surface area contributed by atoms with Crippen molar-refractivity contribution in [3.05, 3.63) is 27.7 Å². The Hall–Kier alpha value is -0.210. The number of halogens is 2. The molecule has 0 heterocycles. The van der Waals surface area contributed by atoms with Gasteiger partial charge in [-0.3, -0.25) is 0 Å². The first-order chi connectivity index (χ1) is 5.65. The molecule has 0 radical (unpaired) electrons. The van der Waals surface area contributed by atoms with E-state index in [9.17, 15) is 0 Å². The molecule has 1 aromatic rings. The van der Waals surface area contributed by atoms with Gasteiger partial charge in [0.05, 0.1) is 5.69 Å². The van der Waals surface area contributed by atoms with E-state index in [4.69, 9.17) is 11.6 Å². The summed E-state index contributed by atoms with van der Waals surface area (Å²) in [6.07, 6.45) is 0. The molecule has 0 aliphatic heterocycles. The topological polar surface area (TPSA) is 3.24 Å². The first-order valence-corrected chi connectivity index (χ1v) is 4.98. The van der Waals surface area contributed by atoms with Crippen molar-refractivity contribution in [2.24, 2.45) is 0 Å². The highest BCUT2D eigenvalue weighted by Crippen LogP contribution is 2.28. The van der Waals surface area contributed by atoms with Crippen molar-refractivity contribution in [1.82, 2.24) is 0 Å². The van der Waals surface area contributed by atoms with Crippen LogP contribution in [-0.2, 0) is 0 Å². The number of hydrogen-bond acceptors (Lipinski definition) is 1. The van der Waals surface area contributed by atoms with Crippen molar-refractivity contribution in [3.63, 3.8) is 0 Å². The molecule has 1 rings (SSSR count). The summed E-state index contributed by atoms with van der Waals surface area (Å²) < 4.78 is 1.04. The van der Waals surface area contributed by atoms with E-state index in [1.165, 1.54) is 5.69 Å². The Morgan fingerprint density at radius 1 is 1.50 bits per heavy atom. The van der Waals surface area contributed by atoms with E-state index in [1.807, 2.05) is 25.2 Å². The van der Waals surface area contributed by atoms with Crippen LogP contribution in [0.5, 0.6) is 0 Å². The van der Waals surface area contributed by atoms with Crippen molar-refractivity contribution in [2.45, 2.75) is 6.92 Å². The second-order valence-corrected chi connectivity index (χ2v) is 3.90. The van der Waals surface area contributed by atoms with Crippen LogP contribution >= 0.6 is 27.5 Å². The number of benzene rings is 1. The van der Waals surface area contributed by atoms with Crippen LogP contribution in [-0.4, -0.2) is 13.6 Å². The normalized spacial score (nSPS) is 10.0. The van der Waals surface area contributed by atoms with Gasteiger partial charge in [0.1, 0.15) is 0 Å². The quantitative estimate of drug-likeness (QED) is 0.773. The second-order valence-electron chi connectivity index (χ2n) is 2.61. The molecule has 1 aromatic carbocycles. The molecule has 0 saturated carbocycles. The Bertz CT molecular complexity index is 275. The third-order valence-electron chi connectivity index (χ3n) is 1.80. The first-order valence-electron chi connectivity index (χ1n) is 3.81. The maximum Gasteiger partial charge on any atom is 0.0509 e. The predicted molar refractivity (Wildman–Crippen MR) is 58.1 cm³/mol. The van der Waals surface area contributed by atoms with Crippen molar-refractivity contribution in [1.29, 1.82) is 0 Å². The van der Waals surface area contributed by atoms with Gasteiger partial charge in [0.2, 0.25) is 0 Å². The van der Waals surface area contributed by atoms with E-state index in [0.717, 1.165) is 16.0 Å². The monoisotopic (exact) mass is 247 g/mol. The lowest BCUT2D eigenvalue weighted by atomic mass is 10.3. The highest BCUT2D eigenvalue weighted by molar-refractivity contribution is 9.10. The highest BCUT2D eigenvalue weighted by Gasteiger charge is 2.03. The van der Waals surface area contributed by atoms with Gasteiger partial charge in [-0.15, -0.1) is 0 Å². The van der Waals surface area contributed by atoms with Gasteiger partial charge < -0.3 is 4.90 Å². The molecule has 0 N–H and O–H groups in total. The van der Waals surface area contributed by atoms with Gasteiger partial charge in [0.15, 0.2) is 0 Å². The maximum absolute atomic E-state index is 5.82. The Morgan fingerprint density at radius 3 is 2.67 bits per heavy atom. The Labute approximate surface area is 86.5 Å². The summed E-state index contributed by atoms with van der Waals surface area (Å²) in [5.41, 5.74) is 1.17. The summed E-state index contributed by atoms with van der Waals surface area (Å²) in [7, 11) is 2.05. The van der Waals surface area contributed by atoms with Gasteiger partial charge >= 0.3 is 0 Å². The molecule has 3 heteroatoms. The summed E-state index contributed by atoms with van der Waals surface area (Å²) in [6, 6.07) is 5.81. The molecular weight excluding hydrogens is 237 g/mol. The molecule has 1 nitrogen and oxygen atoms in total. The van der Waals surface area contributed by atoms with E-state index in [0.29, 0.717) is 0 Å². The zero-order valence-corrected chi connectivity index (χ0v) is 9.48. The van der Waals surface area contributed by atoms with Crippen LogP contribution in [0.2, 0.25) is 5.02 Å². The molecule has 0 saturated heterocycles. The predicted octanol–water partition coefficient (Wildman–Crippen LogP) is 3.56. The van der Waals surface area contributed by atoms with Crippen LogP contribution in [0.3, 0.4) is 0 Å². The van der Waals surface area contributed by atoms with Gasteiger partial charge in [-0.2, -0.15) is 0 Å². The van der Waals surface area contributed by atoms with Gasteiger partial charge in [-0.1, -0.05) is 11.6 Å². The van der Waals surface area contributed by atoms with E-state index in [1.54, 1.807) is 0 Å². The Balaban J connectivity index is 3.01. The van der Waals surface area contributed by atoms with Crippen LogP contribution in [0.4, 0.5) is 5.69 Å². The largest absolute Gasteiger partial charge is 0.374 e. The van der Waals surface area contributed by atoms with Gasteiger partial charge in [-0.05, 0) is 41.1 Å². The average Bonchev–Trinajstić information content (AvgIpc) is 2.03. The van der Waals surface area contributed by atoms with E-state index in [2.05, 4.69) is 27.8 Å². The first kappa shape index (κ1) is 9.87. The third-order valence-corrected chi connectivity index (χ3v) is 2.67. The summed E-state index contributed by atoms with van der Waals surface area (Å²) in [5.74, 6) is 0. The molecule has 0 atom stereocenters. The maximum atomic E-state index is 5.82. The van der Waals surface area contributed by atoms with Gasteiger partial charge in [0.25, 0.3) is 0 Å². The van der Waals surface area contributed by atoms with Crippen molar-refractivity contribution in [2.75, 3.05) is 18.5 Å². The Kier molecular flexibility index (Phi) is 3.41. The summed E-state index contributed by atoms with van der Waals surface area (Å²) >= 11 is 9.28. The lowest BCUT2D eigenvalue weighted by Crippen LogP contribution is -2.15. The minimum Gasteiger partial charge on any atom is -0.374 e. The summed E-state index contributed by atoms with van der Waals surface area (Å²) in [4.78, 5) is 2.15. The molecule has 12 heavy (non-hydrogen) atoms. The summed E-state index contributed by atoms with van der Waals surface area (Å²) in [5, 5.41) is 0.759. The standard InChI is InChI=1S/C9H11BrClN/c1-3-12(2)9-5-4-7(11)6-8(9)10/h4-6H,3H2,1-2H3. The van der Waals surface area contributed by atoms with Crippen molar-refractivity contribution >= 4 is 33.2 Å². The lowest BCUT2D eigenvalue weighted by molar-refractivity contribution is 0.965. The van der Waals surface area contributed by atoms with Gasteiger partial charge in [0, 0.05) is 23.1 Å². The molecular formula is C9H11BrClN. The van der Waals surface area contributed by atoms with Gasteiger partial charge in [-0.25, -0.2) is 0 Å². The number of anilines is 1. The number of nitrogens with zero attached hydrogens (tertiary/aromatic N) is 1. The van der Waals surface area contributed by atoms with Crippen LogP contribution in [0.25, 0.3) is 0 Å². The van der Waals surface area contributed by atoms with Crippen LogP contribution in [0.1, 0.15) is 6.92 Å². The smallest absolute Gasteiger partial charge is 0.0509 e. The highest BCUT2D eigenvalue weighted by atomic mass is 79.9. The molecule has 0 aromatic heterocycles. The SMILES string of the molecule is CCN(C)c1ccc(Cl)cc1Br. The fourth-order valence-electron chi connectivity index (χ4n) is 0.961. The molecule has 0 fully saturated rings. The number of hydrogen-bond donors (Lipinski definition) is 0. The molecule has 66 valence electrons. The molecule has 0 aliphatic carbocycles. The fraction of sp³-hybridized carbons (Fsp3) is 0.333. The minimum absolute atomic E-state index is 0.759. The molecule has 0 spiro atoms. The fourth-order valence-corrected chi connectivity index (χ4v) is 1.95. The van der Waals surface area contributed by atoms with Crippen LogP contribution in [0, 0.1) is 0 Å². The number of rotatable bonds is 2. The van der Waals surface area contributed by atoms with Crippen molar-refractivity contribution < 1.29 is 0 Å². The molecule has 0 amide bonds. The lowest BCUT2D eigenvalue weighted by Gasteiger charge is -2.18. The van der Waals surface area contributed by atoms with Crippen LogP contribution < -0.4 is 4.90 Å². The van der Waals surface area contributed by atoms with E-state index >= 15 is 0 Å². The van der Waals surface area contributed by atoms with E-state index in [-0.39, 0.29) is 0 Å². The molecule has 0 bridgehead atoms. The van der Waals surface area contributed by atoms with E-state index < -0.39 is 0 Å². The zero-order chi connectivity index (χ0) is 9.14. The Morgan fingerprint density at radius 2 is 2.17 bits per heavy atom. The second kappa shape index (κ2) is 4.15. The van der Waals surface area contributed by atoms with Crippen molar-refractivity contribution in [3.8, 4) is 0 Å². The minimum atomic E-state index is 0.759. The zero-order valence-electron chi connectivity index (χ0n) is 7.14. The molecule has 0 aliphatic rings.